The van der Waals surface area contributed by atoms with E-state index in [1.54, 1.807) is 11.8 Å². The fraction of sp³-hybridized carbons (Fsp3) is 0.190. The molecule has 0 aromatic heterocycles. The highest BCUT2D eigenvalue weighted by atomic mass is 32.2. The average Bonchev–Trinajstić information content (AvgIpc) is 2.63. The number of fused-ring (bicyclic) bond motifs is 1. The zero-order chi connectivity index (χ0) is 16.6. The molecule has 3 aromatic carbocycles. The van der Waals surface area contributed by atoms with Gasteiger partial charge in [-0.2, -0.15) is 0 Å². The molecular formula is C21H21NOS. The van der Waals surface area contributed by atoms with E-state index >= 15 is 0 Å². The van der Waals surface area contributed by atoms with E-state index in [2.05, 4.69) is 59.9 Å². The molecule has 0 aliphatic heterocycles. The number of nitrogens with one attached hydrogen (secondary N) is 1. The summed E-state index contributed by atoms with van der Waals surface area (Å²) in [4.78, 5) is 12.0. The van der Waals surface area contributed by atoms with Crippen molar-refractivity contribution in [1.29, 1.82) is 0 Å². The van der Waals surface area contributed by atoms with Gasteiger partial charge in [0.1, 0.15) is 0 Å². The first kappa shape index (κ1) is 16.6. The molecule has 122 valence electrons. The number of rotatable bonds is 7. The Hall–Kier alpha value is -2.26. The maximum absolute atomic E-state index is 12.0. The predicted molar refractivity (Wildman–Crippen MR) is 103 cm³/mol. The van der Waals surface area contributed by atoms with Crippen molar-refractivity contribution in [2.75, 3.05) is 12.3 Å². The number of carbonyl (C=O) groups excluding carboxylic acids is 1. The lowest BCUT2D eigenvalue weighted by Crippen LogP contribution is -2.27. The number of benzene rings is 3. The van der Waals surface area contributed by atoms with E-state index in [4.69, 9.17) is 0 Å². The zero-order valence-electron chi connectivity index (χ0n) is 13.6. The number of thioether (sulfide) groups is 1. The summed E-state index contributed by atoms with van der Waals surface area (Å²) >= 11 is 1.66. The van der Waals surface area contributed by atoms with Crippen LogP contribution in [0.15, 0.2) is 72.8 Å². The lowest BCUT2D eigenvalue weighted by molar-refractivity contribution is -0.118. The van der Waals surface area contributed by atoms with Crippen molar-refractivity contribution in [2.45, 2.75) is 12.2 Å². The van der Waals surface area contributed by atoms with Crippen LogP contribution in [0.1, 0.15) is 11.1 Å². The molecule has 2 nitrogen and oxygen atoms in total. The molecular weight excluding hydrogens is 314 g/mol. The van der Waals surface area contributed by atoms with Crippen LogP contribution in [0.5, 0.6) is 0 Å². The molecule has 1 amide bonds. The van der Waals surface area contributed by atoms with Crippen LogP contribution in [0.3, 0.4) is 0 Å². The minimum absolute atomic E-state index is 0.108. The summed E-state index contributed by atoms with van der Waals surface area (Å²) in [5.74, 6) is 1.46. The first-order valence-corrected chi connectivity index (χ1v) is 9.33. The second kappa shape index (κ2) is 8.55. The first-order valence-electron chi connectivity index (χ1n) is 8.18. The molecule has 0 aliphatic carbocycles. The van der Waals surface area contributed by atoms with E-state index in [1.807, 2.05) is 18.2 Å². The normalized spacial score (nSPS) is 10.7. The molecule has 0 unspecified atom stereocenters. The fourth-order valence-corrected chi connectivity index (χ4v) is 3.58. The van der Waals surface area contributed by atoms with Crippen LogP contribution in [0, 0.1) is 0 Å². The SMILES string of the molecule is O=C(CSCc1cccc2ccccc12)NCCc1ccccc1. The van der Waals surface area contributed by atoms with Crippen LogP contribution in [0.4, 0.5) is 0 Å². The highest BCUT2D eigenvalue weighted by molar-refractivity contribution is 7.99. The quantitative estimate of drug-likeness (QED) is 0.692. The maximum atomic E-state index is 12.0. The average molecular weight is 335 g/mol. The number of carbonyl (C=O) groups is 1. The summed E-state index contributed by atoms with van der Waals surface area (Å²) in [6.07, 6.45) is 0.876. The van der Waals surface area contributed by atoms with Gasteiger partial charge in [-0.3, -0.25) is 4.79 Å². The largest absolute Gasteiger partial charge is 0.355 e. The minimum Gasteiger partial charge on any atom is -0.355 e. The monoisotopic (exact) mass is 335 g/mol. The van der Waals surface area contributed by atoms with Crippen LogP contribution >= 0.6 is 11.8 Å². The number of amides is 1. The van der Waals surface area contributed by atoms with Crippen molar-refractivity contribution < 1.29 is 4.79 Å². The predicted octanol–water partition coefficient (Wildman–Crippen LogP) is 4.43. The Morgan fingerprint density at radius 1 is 0.875 bits per heavy atom. The van der Waals surface area contributed by atoms with Gasteiger partial charge >= 0.3 is 0 Å². The van der Waals surface area contributed by atoms with Gasteiger partial charge in [0, 0.05) is 12.3 Å². The molecule has 24 heavy (non-hydrogen) atoms. The van der Waals surface area contributed by atoms with E-state index in [0.717, 1.165) is 12.2 Å². The molecule has 3 aromatic rings. The van der Waals surface area contributed by atoms with Gasteiger partial charge in [-0.1, -0.05) is 72.8 Å². The number of hydrogen-bond acceptors (Lipinski definition) is 2. The second-order valence-electron chi connectivity index (χ2n) is 5.72. The Labute approximate surface area is 147 Å². The summed E-state index contributed by atoms with van der Waals surface area (Å²) in [6.45, 7) is 0.692. The second-order valence-corrected chi connectivity index (χ2v) is 6.70. The first-order chi connectivity index (χ1) is 11.8. The molecule has 0 bridgehead atoms. The molecule has 0 spiro atoms. The van der Waals surface area contributed by atoms with Crippen LogP contribution in [0.25, 0.3) is 10.8 Å². The van der Waals surface area contributed by atoms with Crippen LogP contribution in [0.2, 0.25) is 0 Å². The summed E-state index contributed by atoms with van der Waals surface area (Å²) in [5, 5.41) is 5.52. The molecule has 0 radical (unpaired) electrons. The van der Waals surface area contributed by atoms with Gasteiger partial charge in [0.05, 0.1) is 5.75 Å². The fourth-order valence-electron chi connectivity index (χ4n) is 2.71. The van der Waals surface area contributed by atoms with Gasteiger partial charge < -0.3 is 5.32 Å². The molecule has 0 saturated heterocycles. The van der Waals surface area contributed by atoms with Crippen molar-refractivity contribution in [3.05, 3.63) is 83.9 Å². The summed E-state index contributed by atoms with van der Waals surface area (Å²) in [7, 11) is 0. The molecule has 3 heteroatoms. The smallest absolute Gasteiger partial charge is 0.230 e. The molecule has 0 fully saturated rings. The third kappa shape index (κ3) is 4.62. The number of hydrogen-bond donors (Lipinski definition) is 1. The zero-order valence-corrected chi connectivity index (χ0v) is 14.4. The third-order valence-electron chi connectivity index (χ3n) is 3.95. The van der Waals surface area contributed by atoms with Gasteiger partial charge in [-0.25, -0.2) is 0 Å². The standard InChI is InChI=1S/C21H21NOS/c23-21(22-14-13-17-7-2-1-3-8-17)16-24-15-19-11-6-10-18-9-4-5-12-20(18)19/h1-12H,13-16H2,(H,22,23). The third-order valence-corrected chi connectivity index (χ3v) is 4.93. The van der Waals surface area contributed by atoms with Crippen molar-refractivity contribution in [3.63, 3.8) is 0 Å². The Morgan fingerprint density at radius 3 is 2.50 bits per heavy atom. The van der Waals surface area contributed by atoms with Crippen molar-refractivity contribution in [3.8, 4) is 0 Å². The Morgan fingerprint density at radius 2 is 1.62 bits per heavy atom. The molecule has 1 N–H and O–H groups in total. The molecule has 0 heterocycles. The van der Waals surface area contributed by atoms with E-state index in [-0.39, 0.29) is 5.91 Å². The molecule has 3 rings (SSSR count). The summed E-state index contributed by atoms with van der Waals surface area (Å²) in [5.41, 5.74) is 2.54. The van der Waals surface area contributed by atoms with Crippen LogP contribution in [-0.2, 0) is 17.0 Å². The maximum Gasteiger partial charge on any atom is 0.230 e. The van der Waals surface area contributed by atoms with Gasteiger partial charge in [0.25, 0.3) is 0 Å². The van der Waals surface area contributed by atoms with Crippen LogP contribution < -0.4 is 5.32 Å². The van der Waals surface area contributed by atoms with E-state index in [9.17, 15) is 4.79 Å². The lowest BCUT2D eigenvalue weighted by atomic mass is 10.1. The highest BCUT2D eigenvalue weighted by Gasteiger charge is 2.04. The molecule has 0 aliphatic rings. The Bertz CT molecular complexity index is 796. The lowest BCUT2D eigenvalue weighted by Gasteiger charge is -2.07. The van der Waals surface area contributed by atoms with Gasteiger partial charge in [-0.15, -0.1) is 11.8 Å². The minimum atomic E-state index is 0.108. The summed E-state index contributed by atoms with van der Waals surface area (Å²) in [6, 6.07) is 25.0. The van der Waals surface area contributed by atoms with Gasteiger partial charge in [0.15, 0.2) is 0 Å². The van der Waals surface area contributed by atoms with E-state index in [1.165, 1.54) is 21.9 Å². The highest BCUT2D eigenvalue weighted by Crippen LogP contribution is 2.22. The van der Waals surface area contributed by atoms with Gasteiger partial charge in [0.2, 0.25) is 5.91 Å². The molecule has 0 atom stereocenters. The van der Waals surface area contributed by atoms with Crippen molar-refractivity contribution >= 4 is 28.4 Å². The molecule has 0 saturated carbocycles. The van der Waals surface area contributed by atoms with E-state index in [0.29, 0.717) is 12.3 Å². The van der Waals surface area contributed by atoms with Crippen molar-refractivity contribution in [1.82, 2.24) is 5.32 Å². The summed E-state index contributed by atoms with van der Waals surface area (Å²) < 4.78 is 0. The topological polar surface area (TPSA) is 29.1 Å². The van der Waals surface area contributed by atoms with Crippen molar-refractivity contribution in [2.24, 2.45) is 0 Å². The van der Waals surface area contributed by atoms with Gasteiger partial charge in [-0.05, 0) is 28.3 Å². The Kier molecular flexibility index (Phi) is 5.91. The van der Waals surface area contributed by atoms with E-state index < -0.39 is 0 Å². The Balaban J connectivity index is 1.43. The van der Waals surface area contributed by atoms with Crippen LogP contribution in [-0.4, -0.2) is 18.2 Å².